The van der Waals surface area contributed by atoms with Crippen LogP contribution in [0.25, 0.3) is 11.0 Å². The number of allylic oxidation sites excluding steroid dienone is 4. The minimum absolute atomic E-state index is 0.0226. The van der Waals surface area contributed by atoms with Crippen LogP contribution in [0.1, 0.15) is 78.8 Å². The average molecular weight is 536 g/mol. The van der Waals surface area contributed by atoms with E-state index in [-0.39, 0.29) is 36.0 Å². The molecule has 0 aliphatic heterocycles. The zero-order chi connectivity index (χ0) is 27.2. The molecule has 0 saturated heterocycles. The van der Waals surface area contributed by atoms with Gasteiger partial charge in [0.15, 0.2) is 0 Å². The summed E-state index contributed by atoms with van der Waals surface area (Å²) >= 11 is 6.11. The second-order valence-electron chi connectivity index (χ2n) is 9.90. The molecule has 4 rings (SSSR count). The fourth-order valence-electron chi connectivity index (χ4n) is 4.62. The van der Waals surface area contributed by atoms with Crippen molar-refractivity contribution in [2.75, 3.05) is 0 Å². The molecule has 1 aliphatic carbocycles. The van der Waals surface area contributed by atoms with Gasteiger partial charge < -0.3 is 10.4 Å². The van der Waals surface area contributed by atoms with Gasteiger partial charge >= 0.3 is 5.97 Å². The molecule has 1 amide bonds. The summed E-state index contributed by atoms with van der Waals surface area (Å²) in [6.07, 6.45) is 8.43. The van der Waals surface area contributed by atoms with Crippen LogP contribution in [0.2, 0.25) is 0 Å². The molecule has 1 heterocycles. The maximum absolute atomic E-state index is 13.4. The first-order valence-electron chi connectivity index (χ1n) is 12.8. The molecule has 2 unspecified atom stereocenters. The Morgan fingerprint density at radius 1 is 1.11 bits per heavy atom. The van der Waals surface area contributed by atoms with Crippen LogP contribution < -0.4 is 5.32 Å². The van der Waals surface area contributed by atoms with Crippen LogP contribution in [0.3, 0.4) is 0 Å². The highest BCUT2D eigenvalue weighted by molar-refractivity contribution is 6.31. The number of carbonyl (C=O) groups excluding carboxylic acids is 1. The summed E-state index contributed by atoms with van der Waals surface area (Å²) < 4.78 is 13.4. The van der Waals surface area contributed by atoms with Crippen molar-refractivity contribution in [2.45, 2.75) is 57.9 Å². The summed E-state index contributed by atoms with van der Waals surface area (Å²) in [6.45, 7) is 4.00. The normalized spacial score (nSPS) is 15.9. The third-order valence-electron chi connectivity index (χ3n) is 6.67. The van der Waals surface area contributed by atoms with E-state index in [9.17, 15) is 14.0 Å². The summed E-state index contributed by atoms with van der Waals surface area (Å²) in [5.74, 6) is -1.28. The fourth-order valence-corrected chi connectivity index (χ4v) is 4.78. The Kier molecular flexibility index (Phi) is 8.89. The van der Waals surface area contributed by atoms with E-state index < -0.39 is 5.97 Å². The number of carbonyl (C=O) groups is 2. The van der Waals surface area contributed by atoms with Crippen LogP contribution in [0.15, 0.2) is 65.7 Å². The standard InChI is InChI=1S/C30H31ClFN3O3/c1-18(2)28(19-9-14-23(32)15-10-19)35-30(38)21-11-16-24-26(17-21)33-25(5-3-4-6-27(36)37)29(34-24)20-7-12-22(31)13-8-20/h7,9-18,20,28H,3-6,8H2,1-2H3,(H,35,38)(H,36,37). The third-order valence-corrected chi connectivity index (χ3v) is 6.95. The number of hydrogen-bond acceptors (Lipinski definition) is 4. The second kappa shape index (κ2) is 12.3. The highest BCUT2D eigenvalue weighted by Crippen LogP contribution is 2.31. The van der Waals surface area contributed by atoms with Crippen LogP contribution in [-0.2, 0) is 11.2 Å². The van der Waals surface area contributed by atoms with E-state index >= 15 is 0 Å². The lowest BCUT2D eigenvalue weighted by molar-refractivity contribution is -0.137. The molecule has 2 N–H and O–H groups in total. The molecule has 0 fully saturated rings. The number of carboxylic acids is 1. The molecule has 198 valence electrons. The monoisotopic (exact) mass is 535 g/mol. The van der Waals surface area contributed by atoms with E-state index in [1.165, 1.54) is 12.1 Å². The molecule has 0 spiro atoms. The van der Waals surface area contributed by atoms with Crippen LogP contribution in [0.5, 0.6) is 0 Å². The summed E-state index contributed by atoms with van der Waals surface area (Å²) in [7, 11) is 0. The van der Waals surface area contributed by atoms with Gasteiger partial charge in [0.2, 0.25) is 0 Å². The van der Waals surface area contributed by atoms with Crippen LogP contribution in [-0.4, -0.2) is 27.0 Å². The average Bonchev–Trinajstić information content (AvgIpc) is 2.89. The highest BCUT2D eigenvalue weighted by atomic mass is 35.5. The van der Waals surface area contributed by atoms with E-state index in [1.807, 2.05) is 32.1 Å². The van der Waals surface area contributed by atoms with Crippen molar-refractivity contribution >= 4 is 34.5 Å². The zero-order valence-electron chi connectivity index (χ0n) is 21.5. The molecule has 2 aromatic carbocycles. The highest BCUT2D eigenvalue weighted by Gasteiger charge is 2.22. The molecule has 0 saturated carbocycles. The molecule has 0 bridgehead atoms. The van der Waals surface area contributed by atoms with E-state index in [0.29, 0.717) is 47.3 Å². The smallest absolute Gasteiger partial charge is 0.303 e. The number of amides is 1. The van der Waals surface area contributed by atoms with E-state index in [0.717, 1.165) is 17.0 Å². The number of hydrogen-bond donors (Lipinski definition) is 2. The van der Waals surface area contributed by atoms with Crippen molar-refractivity contribution in [1.29, 1.82) is 0 Å². The SMILES string of the molecule is CC(C)C(NC(=O)c1ccc2nc(C3C=CC(Cl)=CC3)c(CCCCC(=O)O)nc2c1)c1ccc(F)cc1. The number of benzene rings is 2. The molecular weight excluding hydrogens is 505 g/mol. The van der Waals surface area contributed by atoms with Crippen molar-refractivity contribution in [2.24, 2.45) is 5.92 Å². The summed E-state index contributed by atoms with van der Waals surface area (Å²) in [5.41, 5.74) is 4.21. The first-order chi connectivity index (χ1) is 18.2. The number of carboxylic acid groups (broad SMARTS) is 1. The van der Waals surface area contributed by atoms with Gasteiger partial charge in [-0.05, 0) is 73.6 Å². The molecule has 2 atom stereocenters. The number of nitrogens with zero attached hydrogens (tertiary/aromatic N) is 2. The number of nitrogens with one attached hydrogen (secondary N) is 1. The lowest BCUT2D eigenvalue weighted by Crippen LogP contribution is -2.31. The number of rotatable bonds is 10. The van der Waals surface area contributed by atoms with E-state index in [4.69, 9.17) is 26.7 Å². The number of halogens is 2. The lowest BCUT2D eigenvalue weighted by Gasteiger charge is -2.23. The topological polar surface area (TPSA) is 92.2 Å². The quantitative estimate of drug-likeness (QED) is 0.277. The van der Waals surface area contributed by atoms with Gasteiger partial charge in [-0.2, -0.15) is 0 Å². The Labute approximate surface area is 226 Å². The number of aromatic nitrogens is 2. The summed E-state index contributed by atoms with van der Waals surface area (Å²) in [5, 5.41) is 12.8. The fraction of sp³-hybridized carbons (Fsp3) is 0.333. The molecule has 1 aromatic heterocycles. The molecule has 0 radical (unpaired) electrons. The molecule has 8 heteroatoms. The van der Waals surface area contributed by atoms with Gasteiger partial charge in [-0.15, -0.1) is 0 Å². The Bertz CT molecular complexity index is 1390. The Morgan fingerprint density at radius 2 is 1.87 bits per heavy atom. The van der Waals surface area contributed by atoms with E-state index in [2.05, 4.69) is 5.32 Å². The largest absolute Gasteiger partial charge is 0.481 e. The minimum atomic E-state index is -0.819. The van der Waals surface area contributed by atoms with Crippen LogP contribution >= 0.6 is 11.6 Å². The van der Waals surface area contributed by atoms with Gasteiger partial charge in [-0.3, -0.25) is 9.59 Å². The molecule has 6 nitrogen and oxygen atoms in total. The Balaban J connectivity index is 1.62. The predicted molar refractivity (Wildman–Crippen MR) is 147 cm³/mol. The van der Waals surface area contributed by atoms with Gasteiger partial charge in [-0.25, -0.2) is 14.4 Å². The van der Waals surface area contributed by atoms with Crippen molar-refractivity contribution < 1.29 is 19.1 Å². The van der Waals surface area contributed by atoms with Gasteiger partial charge in [-0.1, -0.05) is 49.7 Å². The third kappa shape index (κ3) is 6.84. The van der Waals surface area contributed by atoms with Crippen molar-refractivity contribution in [3.63, 3.8) is 0 Å². The number of fused-ring (bicyclic) bond motifs is 1. The van der Waals surface area contributed by atoms with Gasteiger partial charge in [0, 0.05) is 22.9 Å². The first-order valence-corrected chi connectivity index (χ1v) is 13.2. The zero-order valence-corrected chi connectivity index (χ0v) is 22.2. The molecule has 1 aliphatic rings. The molecular formula is C30H31ClFN3O3. The van der Waals surface area contributed by atoms with Crippen molar-refractivity contribution in [3.05, 3.63) is 94.1 Å². The number of unbranched alkanes of at least 4 members (excludes halogenated alkanes) is 1. The number of aliphatic carboxylic acids is 1. The maximum Gasteiger partial charge on any atom is 0.303 e. The number of aryl methyl sites for hydroxylation is 1. The van der Waals surface area contributed by atoms with Gasteiger partial charge in [0.05, 0.1) is 28.5 Å². The van der Waals surface area contributed by atoms with Crippen LogP contribution in [0, 0.1) is 11.7 Å². The summed E-state index contributed by atoms with van der Waals surface area (Å²) in [4.78, 5) is 34.0. The minimum Gasteiger partial charge on any atom is -0.481 e. The second-order valence-corrected chi connectivity index (χ2v) is 10.3. The maximum atomic E-state index is 13.4. The lowest BCUT2D eigenvalue weighted by atomic mass is 9.93. The first kappa shape index (κ1) is 27.5. The Hall–Kier alpha value is -3.58. The van der Waals surface area contributed by atoms with Crippen LogP contribution in [0.4, 0.5) is 4.39 Å². The summed E-state index contributed by atoms with van der Waals surface area (Å²) in [6, 6.07) is 11.1. The molecule has 3 aromatic rings. The van der Waals surface area contributed by atoms with Gasteiger partial charge in [0.1, 0.15) is 5.82 Å². The van der Waals surface area contributed by atoms with Gasteiger partial charge in [0.25, 0.3) is 5.91 Å². The van der Waals surface area contributed by atoms with E-state index in [1.54, 1.807) is 30.3 Å². The predicted octanol–water partition coefficient (Wildman–Crippen LogP) is 6.86. The van der Waals surface area contributed by atoms with Crippen molar-refractivity contribution in [1.82, 2.24) is 15.3 Å². The Morgan fingerprint density at radius 3 is 2.53 bits per heavy atom. The molecule has 38 heavy (non-hydrogen) atoms. The van der Waals surface area contributed by atoms with Crippen molar-refractivity contribution in [3.8, 4) is 0 Å².